The highest BCUT2D eigenvalue weighted by Crippen LogP contribution is 2.14. The van der Waals surface area contributed by atoms with Gasteiger partial charge in [-0.2, -0.15) is 0 Å². The van der Waals surface area contributed by atoms with Crippen LogP contribution < -0.4 is 11.1 Å². The van der Waals surface area contributed by atoms with Crippen LogP contribution in [0.15, 0.2) is 24.3 Å². The van der Waals surface area contributed by atoms with Crippen LogP contribution in [0.2, 0.25) is 0 Å². The van der Waals surface area contributed by atoms with Gasteiger partial charge in [-0.3, -0.25) is 9.00 Å². The minimum Gasteiger partial charge on any atom is -0.352 e. The van der Waals surface area contributed by atoms with Gasteiger partial charge < -0.3 is 11.1 Å². The highest BCUT2D eigenvalue weighted by Gasteiger charge is 2.22. The maximum absolute atomic E-state index is 12.1. The van der Waals surface area contributed by atoms with E-state index in [1.807, 2.05) is 31.2 Å². The molecule has 1 aliphatic rings. The number of rotatable bonds is 3. The van der Waals surface area contributed by atoms with Crippen molar-refractivity contribution in [2.45, 2.75) is 31.8 Å². The summed E-state index contributed by atoms with van der Waals surface area (Å²) in [6.07, 6.45) is 1.55. The third-order valence-electron chi connectivity index (χ3n) is 3.45. The number of benzene rings is 1. The Bertz CT molecular complexity index is 463. The Morgan fingerprint density at radius 2 is 1.89 bits per heavy atom. The number of nitrogens with one attached hydrogen (secondary N) is 1. The van der Waals surface area contributed by atoms with Crippen LogP contribution in [-0.2, 0) is 15.6 Å². The lowest BCUT2D eigenvalue weighted by Gasteiger charge is -2.24. The number of hydrogen-bond donors (Lipinski definition) is 2. The number of aryl methyl sites for hydroxylation is 1. The van der Waals surface area contributed by atoms with E-state index in [4.69, 9.17) is 5.73 Å². The second-order valence-electron chi connectivity index (χ2n) is 5.02. The molecule has 1 atom stereocenters. The topological polar surface area (TPSA) is 72.2 Å². The molecule has 1 aromatic carbocycles. The Morgan fingerprint density at radius 1 is 1.32 bits per heavy atom. The van der Waals surface area contributed by atoms with Crippen LogP contribution in [0.25, 0.3) is 0 Å². The van der Waals surface area contributed by atoms with Crippen molar-refractivity contribution in [1.82, 2.24) is 5.32 Å². The summed E-state index contributed by atoms with van der Waals surface area (Å²) in [7, 11) is -0.708. The van der Waals surface area contributed by atoms with E-state index in [2.05, 4.69) is 5.32 Å². The fourth-order valence-electron chi connectivity index (χ4n) is 2.15. The van der Waals surface area contributed by atoms with E-state index in [0.29, 0.717) is 11.5 Å². The van der Waals surface area contributed by atoms with E-state index >= 15 is 0 Å². The second-order valence-corrected chi connectivity index (χ2v) is 6.72. The quantitative estimate of drug-likeness (QED) is 0.868. The van der Waals surface area contributed by atoms with Gasteiger partial charge in [-0.25, -0.2) is 0 Å². The van der Waals surface area contributed by atoms with E-state index in [1.54, 1.807) is 0 Å². The number of carbonyl (C=O) groups is 1. The highest BCUT2D eigenvalue weighted by molar-refractivity contribution is 7.85. The number of nitrogens with two attached hydrogens (primary N) is 1. The molecule has 0 aromatic heterocycles. The summed E-state index contributed by atoms with van der Waals surface area (Å²) in [4.78, 5) is 12.1. The van der Waals surface area contributed by atoms with Crippen molar-refractivity contribution in [1.29, 1.82) is 0 Å². The van der Waals surface area contributed by atoms with Gasteiger partial charge in [0.25, 0.3) is 0 Å². The summed E-state index contributed by atoms with van der Waals surface area (Å²) >= 11 is 0. The van der Waals surface area contributed by atoms with Crippen molar-refractivity contribution in [2.75, 3.05) is 11.5 Å². The predicted molar refractivity (Wildman–Crippen MR) is 77.1 cm³/mol. The predicted octanol–water partition coefficient (Wildman–Crippen LogP) is 1.02. The lowest BCUT2D eigenvalue weighted by molar-refractivity contribution is -0.123. The van der Waals surface area contributed by atoms with Gasteiger partial charge in [0, 0.05) is 28.3 Å². The molecule has 1 aromatic rings. The normalized spacial score (nSPS) is 24.7. The van der Waals surface area contributed by atoms with E-state index in [1.165, 1.54) is 0 Å². The summed E-state index contributed by atoms with van der Waals surface area (Å²) in [5, 5.41) is 2.95. The number of amides is 1. The molecule has 1 heterocycles. The van der Waals surface area contributed by atoms with Crippen LogP contribution in [0.1, 0.15) is 30.0 Å². The largest absolute Gasteiger partial charge is 0.352 e. The second kappa shape index (κ2) is 6.30. The minimum atomic E-state index is -0.708. The van der Waals surface area contributed by atoms with Gasteiger partial charge in [-0.15, -0.1) is 0 Å². The van der Waals surface area contributed by atoms with E-state index < -0.39 is 16.8 Å². The summed E-state index contributed by atoms with van der Waals surface area (Å²) in [6.45, 7) is 2.00. The molecule has 1 aliphatic heterocycles. The summed E-state index contributed by atoms with van der Waals surface area (Å²) in [5.74, 6) is 1.19. The Labute approximate surface area is 116 Å². The van der Waals surface area contributed by atoms with E-state index in [0.717, 1.165) is 24.0 Å². The summed E-state index contributed by atoms with van der Waals surface area (Å²) in [5.41, 5.74) is 7.93. The van der Waals surface area contributed by atoms with Gasteiger partial charge in [0.1, 0.15) is 6.04 Å². The molecule has 3 N–H and O–H groups in total. The van der Waals surface area contributed by atoms with Crippen LogP contribution in [0.5, 0.6) is 0 Å². The van der Waals surface area contributed by atoms with Gasteiger partial charge >= 0.3 is 0 Å². The maximum Gasteiger partial charge on any atom is 0.241 e. The zero-order valence-corrected chi connectivity index (χ0v) is 11.9. The molecule has 0 radical (unpaired) electrons. The van der Waals surface area contributed by atoms with E-state index in [9.17, 15) is 9.00 Å². The van der Waals surface area contributed by atoms with Gasteiger partial charge in [-0.05, 0) is 25.3 Å². The molecule has 0 aliphatic carbocycles. The molecule has 2 rings (SSSR count). The van der Waals surface area contributed by atoms with Crippen molar-refractivity contribution >= 4 is 16.7 Å². The summed E-state index contributed by atoms with van der Waals surface area (Å²) in [6, 6.07) is 7.15. The van der Waals surface area contributed by atoms with Crippen LogP contribution >= 0.6 is 0 Å². The molecular formula is C14H20N2O2S. The molecule has 4 nitrogen and oxygen atoms in total. The average molecular weight is 280 g/mol. The Hall–Kier alpha value is -1.20. The van der Waals surface area contributed by atoms with Gasteiger partial charge in [0.15, 0.2) is 0 Å². The molecule has 104 valence electrons. The van der Waals surface area contributed by atoms with Crippen molar-refractivity contribution in [2.24, 2.45) is 5.73 Å². The number of hydrogen-bond acceptors (Lipinski definition) is 3. The van der Waals surface area contributed by atoms with Crippen molar-refractivity contribution in [3.8, 4) is 0 Å². The van der Waals surface area contributed by atoms with E-state index in [-0.39, 0.29) is 11.9 Å². The zero-order valence-electron chi connectivity index (χ0n) is 11.1. The first-order chi connectivity index (χ1) is 9.06. The van der Waals surface area contributed by atoms with Gasteiger partial charge in [-0.1, -0.05) is 29.8 Å². The first kappa shape index (κ1) is 14.2. The smallest absolute Gasteiger partial charge is 0.241 e. The van der Waals surface area contributed by atoms with Crippen LogP contribution in [0.3, 0.4) is 0 Å². The van der Waals surface area contributed by atoms with Crippen LogP contribution in [0, 0.1) is 6.92 Å². The fourth-order valence-corrected chi connectivity index (χ4v) is 3.45. The molecule has 1 saturated heterocycles. The van der Waals surface area contributed by atoms with Crippen molar-refractivity contribution in [3.63, 3.8) is 0 Å². The molecule has 1 unspecified atom stereocenters. The average Bonchev–Trinajstić information content (AvgIpc) is 2.41. The van der Waals surface area contributed by atoms with Gasteiger partial charge in [0.2, 0.25) is 5.91 Å². The molecule has 1 amide bonds. The summed E-state index contributed by atoms with van der Waals surface area (Å²) < 4.78 is 11.3. The number of carbonyl (C=O) groups excluding carboxylic acids is 1. The van der Waals surface area contributed by atoms with Crippen molar-refractivity contribution in [3.05, 3.63) is 35.4 Å². The molecule has 0 bridgehead atoms. The molecule has 5 heteroatoms. The highest BCUT2D eigenvalue weighted by atomic mass is 32.2. The standard InChI is InChI=1S/C14H20N2O2S/c1-10-2-4-11(5-3-10)13(15)14(17)16-12-6-8-19(18)9-7-12/h2-5,12-13H,6-9,15H2,1H3,(H,16,17). The monoisotopic (exact) mass is 280 g/mol. The molecule has 0 saturated carbocycles. The zero-order chi connectivity index (χ0) is 13.8. The lowest BCUT2D eigenvalue weighted by atomic mass is 10.0. The fraction of sp³-hybridized carbons (Fsp3) is 0.500. The SMILES string of the molecule is Cc1ccc(C(N)C(=O)NC2CCS(=O)CC2)cc1. The Morgan fingerprint density at radius 3 is 2.47 bits per heavy atom. The third kappa shape index (κ3) is 3.88. The first-order valence-electron chi connectivity index (χ1n) is 6.54. The first-order valence-corrected chi connectivity index (χ1v) is 8.02. The van der Waals surface area contributed by atoms with Crippen LogP contribution in [0.4, 0.5) is 0 Å². The third-order valence-corrected chi connectivity index (χ3v) is 4.84. The Kier molecular flexibility index (Phi) is 4.71. The van der Waals surface area contributed by atoms with Crippen molar-refractivity contribution < 1.29 is 9.00 Å². The Balaban J connectivity index is 1.92. The molecular weight excluding hydrogens is 260 g/mol. The lowest BCUT2D eigenvalue weighted by Crippen LogP contribution is -2.43. The maximum atomic E-state index is 12.1. The molecule has 19 heavy (non-hydrogen) atoms. The molecule has 0 spiro atoms. The molecule has 1 fully saturated rings. The van der Waals surface area contributed by atoms with Crippen LogP contribution in [-0.4, -0.2) is 27.7 Å². The minimum absolute atomic E-state index is 0.113. The van der Waals surface area contributed by atoms with Gasteiger partial charge in [0.05, 0.1) is 0 Å².